The Hall–Kier alpha value is 0.0500. The molecule has 0 amide bonds. The van der Waals surface area contributed by atoms with Crippen LogP contribution in [0.3, 0.4) is 0 Å². The third-order valence-corrected chi connectivity index (χ3v) is 2.41. The molecule has 1 nitrogen and oxygen atoms in total. The first kappa shape index (κ1) is 11.1. The van der Waals surface area contributed by atoms with Crippen LogP contribution >= 0.6 is 34.8 Å². The Morgan fingerprint density at radius 2 is 1.69 bits per heavy atom. The minimum Gasteiger partial charge on any atom is -0.388 e. The zero-order chi connectivity index (χ0) is 9.90. The van der Waals surface area contributed by atoms with Crippen LogP contribution in [-0.4, -0.2) is 15.0 Å². The van der Waals surface area contributed by atoms with Crippen LogP contribution in [0, 0.1) is 0 Å². The van der Waals surface area contributed by atoms with E-state index in [1.807, 2.05) is 30.3 Å². The van der Waals surface area contributed by atoms with Gasteiger partial charge in [-0.15, -0.1) is 0 Å². The van der Waals surface area contributed by atoms with Gasteiger partial charge < -0.3 is 5.11 Å². The van der Waals surface area contributed by atoms with Crippen LogP contribution in [0.2, 0.25) is 0 Å². The number of halogens is 3. The van der Waals surface area contributed by atoms with E-state index in [9.17, 15) is 5.11 Å². The molecule has 13 heavy (non-hydrogen) atoms. The van der Waals surface area contributed by atoms with E-state index in [1.54, 1.807) is 0 Å². The molecule has 0 saturated carbocycles. The molecule has 4 heteroatoms. The van der Waals surface area contributed by atoms with Crippen molar-refractivity contribution in [1.29, 1.82) is 0 Å². The van der Waals surface area contributed by atoms with Crippen LogP contribution in [0.4, 0.5) is 0 Å². The lowest BCUT2D eigenvalue weighted by atomic mass is 10.1. The van der Waals surface area contributed by atoms with Gasteiger partial charge in [-0.1, -0.05) is 65.1 Å². The van der Waals surface area contributed by atoms with Gasteiger partial charge in [-0.25, -0.2) is 0 Å². The topological polar surface area (TPSA) is 20.2 Å². The van der Waals surface area contributed by atoms with Crippen LogP contribution in [-0.2, 0) is 6.42 Å². The van der Waals surface area contributed by atoms with Crippen molar-refractivity contribution in [3.8, 4) is 0 Å². The first-order chi connectivity index (χ1) is 6.00. The number of rotatable bonds is 2. The maximum absolute atomic E-state index is 9.44. The summed E-state index contributed by atoms with van der Waals surface area (Å²) in [6, 6.07) is 9.39. The number of hydrogen-bond donors (Lipinski definition) is 1. The van der Waals surface area contributed by atoms with Crippen molar-refractivity contribution in [1.82, 2.24) is 0 Å². The predicted molar refractivity (Wildman–Crippen MR) is 56.4 cm³/mol. The van der Waals surface area contributed by atoms with Gasteiger partial charge in [0.15, 0.2) is 0 Å². The zero-order valence-electron chi connectivity index (χ0n) is 6.75. The summed E-state index contributed by atoms with van der Waals surface area (Å²) < 4.78 is -1.62. The highest BCUT2D eigenvalue weighted by atomic mass is 35.6. The van der Waals surface area contributed by atoms with Crippen molar-refractivity contribution in [2.24, 2.45) is 0 Å². The monoisotopic (exact) mass is 238 g/mol. The highest BCUT2D eigenvalue weighted by Gasteiger charge is 2.30. The van der Waals surface area contributed by atoms with E-state index in [1.165, 1.54) is 0 Å². The van der Waals surface area contributed by atoms with E-state index in [2.05, 4.69) is 0 Å². The van der Waals surface area contributed by atoms with Crippen molar-refractivity contribution >= 4 is 34.8 Å². The first-order valence-corrected chi connectivity index (χ1v) is 4.92. The second-order valence-corrected chi connectivity index (χ2v) is 5.12. The van der Waals surface area contributed by atoms with Gasteiger partial charge in [-0.3, -0.25) is 0 Å². The Morgan fingerprint density at radius 3 is 2.15 bits per heavy atom. The summed E-state index contributed by atoms with van der Waals surface area (Å²) >= 11 is 16.5. The number of benzene rings is 1. The third-order valence-electron chi connectivity index (χ3n) is 1.65. The Morgan fingerprint density at radius 1 is 1.15 bits per heavy atom. The molecule has 0 spiro atoms. The number of hydrogen-bond acceptors (Lipinski definition) is 1. The summed E-state index contributed by atoms with van der Waals surface area (Å²) in [7, 11) is 0. The van der Waals surface area contributed by atoms with Crippen LogP contribution < -0.4 is 0 Å². The lowest BCUT2D eigenvalue weighted by molar-refractivity contribution is 0.179. The smallest absolute Gasteiger partial charge is 0.216 e. The largest absolute Gasteiger partial charge is 0.388 e. The molecule has 0 aliphatic rings. The third kappa shape index (κ3) is 3.74. The average Bonchev–Trinajstić information content (AvgIpc) is 2.04. The van der Waals surface area contributed by atoms with Crippen LogP contribution in [0.25, 0.3) is 0 Å². The molecule has 1 aromatic carbocycles. The summed E-state index contributed by atoms with van der Waals surface area (Å²) in [4.78, 5) is 0. The lowest BCUT2D eigenvalue weighted by Crippen LogP contribution is -2.27. The normalized spacial score (nSPS) is 14.2. The Bertz CT molecular complexity index is 255. The minimum atomic E-state index is -1.62. The SMILES string of the molecule is O[C@H](Cc1ccccc1)C(Cl)(Cl)Cl. The van der Waals surface area contributed by atoms with Crippen molar-refractivity contribution in [2.45, 2.75) is 16.3 Å². The van der Waals surface area contributed by atoms with Gasteiger partial charge in [0.1, 0.15) is 6.10 Å². The van der Waals surface area contributed by atoms with Crippen LogP contribution in [0.5, 0.6) is 0 Å². The molecule has 1 rings (SSSR count). The van der Waals surface area contributed by atoms with Crippen LogP contribution in [0.15, 0.2) is 30.3 Å². The predicted octanol–water partition coefficient (Wildman–Crippen LogP) is 2.96. The summed E-state index contributed by atoms with van der Waals surface area (Å²) in [5.74, 6) is 0. The quantitative estimate of drug-likeness (QED) is 0.787. The fourth-order valence-electron chi connectivity index (χ4n) is 0.953. The molecular formula is C9H9Cl3O. The van der Waals surface area contributed by atoms with Crippen molar-refractivity contribution in [2.75, 3.05) is 0 Å². The van der Waals surface area contributed by atoms with Gasteiger partial charge in [0.05, 0.1) is 0 Å². The molecule has 0 aliphatic carbocycles. The molecule has 0 aromatic heterocycles. The average molecular weight is 240 g/mol. The summed E-state index contributed by atoms with van der Waals surface area (Å²) in [5.41, 5.74) is 0.946. The van der Waals surface area contributed by atoms with E-state index in [-0.39, 0.29) is 0 Å². The van der Waals surface area contributed by atoms with E-state index in [4.69, 9.17) is 34.8 Å². The molecule has 0 fully saturated rings. The Balaban J connectivity index is 2.61. The highest BCUT2D eigenvalue weighted by molar-refractivity contribution is 6.68. The van der Waals surface area contributed by atoms with Gasteiger partial charge in [0.25, 0.3) is 0 Å². The Labute approximate surface area is 92.2 Å². The lowest BCUT2D eigenvalue weighted by Gasteiger charge is -2.18. The Kier molecular flexibility index (Phi) is 3.87. The molecular weight excluding hydrogens is 230 g/mol. The number of alkyl halides is 3. The van der Waals surface area contributed by atoms with Gasteiger partial charge in [-0.2, -0.15) is 0 Å². The second kappa shape index (κ2) is 4.52. The molecule has 0 aliphatic heterocycles. The van der Waals surface area contributed by atoms with E-state index in [0.717, 1.165) is 5.56 Å². The molecule has 0 unspecified atom stereocenters. The molecule has 0 saturated heterocycles. The standard InChI is InChI=1S/C9H9Cl3O/c10-9(11,12)8(13)6-7-4-2-1-3-5-7/h1-5,8,13H,6H2/t8-/m1/s1. The number of aliphatic hydroxyl groups is 1. The first-order valence-electron chi connectivity index (χ1n) is 3.79. The van der Waals surface area contributed by atoms with Crippen molar-refractivity contribution in [3.05, 3.63) is 35.9 Å². The van der Waals surface area contributed by atoms with E-state index < -0.39 is 9.90 Å². The molecule has 0 bridgehead atoms. The molecule has 72 valence electrons. The molecule has 0 heterocycles. The van der Waals surface area contributed by atoms with Gasteiger partial charge in [0.2, 0.25) is 3.79 Å². The fourth-order valence-corrected chi connectivity index (χ4v) is 1.18. The summed E-state index contributed by atoms with van der Waals surface area (Å²) in [6.07, 6.45) is -0.628. The maximum atomic E-state index is 9.44. The second-order valence-electron chi connectivity index (χ2n) is 2.75. The maximum Gasteiger partial charge on any atom is 0.216 e. The molecule has 1 atom stereocenters. The zero-order valence-corrected chi connectivity index (χ0v) is 9.02. The molecule has 1 N–H and O–H groups in total. The van der Waals surface area contributed by atoms with Crippen molar-refractivity contribution in [3.63, 3.8) is 0 Å². The van der Waals surface area contributed by atoms with Crippen LogP contribution in [0.1, 0.15) is 5.56 Å². The fraction of sp³-hybridized carbons (Fsp3) is 0.333. The van der Waals surface area contributed by atoms with Gasteiger partial charge >= 0.3 is 0 Å². The number of aliphatic hydroxyl groups excluding tert-OH is 1. The highest BCUT2D eigenvalue weighted by Crippen LogP contribution is 2.31. The molecule has 1 aromatic rings. The van der Waals surface area contributed by atoms with E-state index >= 15 is 0 Å². The van der Waals surface area contributed by atoms with Gasteiger partial charge in [-0.05, 0) is 5.56 Å². The van der Waals surface area contributed by atoms with E-state index in [0.29, 0.717) is 6.42 Å². The molecule has 0 radical (unpaired) electrons. The van der Waals surface area contributed by atoms with Crippen molar-refractivity contribution < 1.29 is 5.11 Å². The summed E-state index contributed by atoms with van der Waals surface area (Å²) in [5, 5.41) is 9.44. The minimum absolute atomic E-state index is 0.345. The summed E-state index contributed by atoms with van der Waals surface area (Å²) in [6.45, 7) is 0. The van der Waals surface area contributed by atoms with Gasteiger partial charge in [0, 0.05) is 6.42 Å².